The van der Waals surface area contributed by atoms with E-state index in [-0.39, 0.29) is 24.6 Å². The van der Waals surface area contributed by atoms with Crippen LogP contribution in [0.5, 0.6) is 0 Å². The van der Waals surface area contributed by atoms with Crippen molar-refractivity contribution in [3.8, 4) is 0 Å². The average Bonchev–Trinajstić information content (AvgIpc) is 2.43. The Morgan fingerprint density at radius 1 is 1.37 bits per heavy atom. The second kappa shape index (κ2) is 5.82. The average molecular weight is 265 g/mol. The largest absolute Gasteiger partial charge is 0.469 e. The Bertz CT molecular complexity index is 501. The molecular weight excluding hydrogens is 249 g/mol. The van der Waals surface area contributed by atoms with E-state index in [4.69, 9.17) is 0 Å². The highest BCUT2D eigenvalue weighted by Crippen LogP contribution is 2.28. The van der Waals surface area contributed by atoms with E-state index < -0.39 is 5.97 Å². The molecule has 1 amide bonds. The first-order chi connectivity index (χ1) is 9.11. The van der Waals surface area contributed by atoms with Crippen molar-refractivity contribution in [3.05, 3.63) is 29.6 Å². The van der Waals surface area contributed by atoms with Gasteiger partial charge in [-0.2, -0.15) is 0 Å². The van der Waals surface area contributed by atoms with E-state index in [1.165, 1.54) is 19.2 Å². The molecule has 0 N–H and O–H groups in total. The summed E-state index contributed by atoms with van der Waals surface area (Å²) in [7, 11) is 1.30. The van der Waals surface area contributed by atoms with Crippen LogP contribution in [-0.2, 0) is 20.7 Å². The van der Waals surface area contributed by atoms with Gasteiger partial charge in [-0.05, 0) is 36.6 Å². The minimum Gasteiger partial charge on any atom is -0.469 e. The van der Waals surface area contributed by atoms with Crippen LogP contribution in [0.25, 0.3) is 0 Å². The number of carbonyl (C=O) groups excluding carboxylic acids is 2. The van der Waals surface area contributed by atoms with Gasteiger partial charge in [0.2, 0.25) is 5.91 Å². The minimum atomic E-state index is -0.398. The van der Waals surface area contributed by atoms with Crippen LogP contribution in [0.3, 0.4) is 0 Å². The molecule has 1 aromatic carbocycles. The molecule has 0 spiro atoms. The Balaban J connectivity index is 2.10. The number of benzene rings is 1. The van der Waals surface area contributed by atoms with Gasteiger partial charge in [0, 0.05) is 18.7 Å². The Morgan fingerprint density at radius 2 is 2.16 bits per heavy atom. The van der Waals surface area contributed by atoms with Crippen molar-refractivity contribution in [3.63, 3.8) is 0 Å². The molecule has 0 fully saturated rings. The molecule has 0 saturated carbocycles. The lowest BCUT2D eigenvalue weighted by atomic mass is 10.0. The molecule has 1 aliphatic rings. The van der Waals surface area contributed by atoms with Gasteiger partial charge < -0.3 is 9.64 Å². The van der Waals surface area contributed by atoms with E-state index in [1.54, 1.807) is 11.0 Å². The molecular formula is C14H16FNO3. The Hall–Kier alpha value is -1.91. The van der Waals surface area contributed by atoms with E-state index in [1.807, 2.05) is 0 Å². The number of hydrogen-bond acceptors (Lipinski definition) is 3. The smallest absolute Gasteiger partial charge is 0.306 e. The van der Waals surface area contributed by atoms with Gasteiger partial charge in [-0.15, -0.1) is 0 Å². The second-order valence-corrected chi connectivity index (χ2v) is 4.50. The number of aryl methyl sites for hydroxylation is 1. The topological polar surface area (TPSA) is 46.6 Å². The fourth-order valence-electron chi connectivity index (χ4n) is 2.27. The number of methoxy groups -OCH3 is 1. The van der Waals surface area contributed by atoms with Crippen molar-refractivity contribution in [2.75, 3.05) is 18.6 Å². The fraction of sp³-hybridized carbons (Fsp3) is 0.429. The van der Waals surface area contributed by atoms with Crippen LogP contribution in [0.1, 0.15) is 24.8 Å². The molecule has 19 heavy (non-hydrogen) atoms. The molecule has 1 aliphatic heterocycles. The van der Waals surface area contributed by atoms with Crippen molar-refractivity contribution < 1.29 is 18.7 Å². The van der Waals surface area contributed by atoms with E-state index >= 15 is 0 Å². The Morgan fingerprint density at radius 3 is 2.89 bits per heavy atom. The maximum atomic E-state index is 13.2. The van der Waals surface area contributed by atoms with Crippen molar-refractivity contribution in [2.24, 2.45) is 0 Å². The third kappa shape index (κ3) is 3.10. The number of amides is 1. The Kier molecular flexibility index (Phi) is 4.14. The standard InChI is InChI=1S/C14H16FNO3/c1-19-14(18)7-6-13(17)16-8-2-3-10-9-11(15)4-5-12(10)16/h4-5,9H,2-3,6-8H2,1H3. The highest BCUT2D eigenvalue weighted by molar-refractivity contribution is 5.96. The fourth-order valence-corrected chi connectivity index (χ4v) is 2.27. The zero-order chi connectivity index (χ0) is 13.8. The number of esters is 1. The summed E-state index contributed by atoms with van der Waals surface area (Å²) in [4.78, 5) is 24.8. The zero-order valence-electron chi connectivity index (χ0n) is 10.8. The van der Waals surface area contributed by atoms with E-state index in [9.17, 15) is 14.0 Å². The van der Waals surface area contributed by atoms with E-state index in [2.05, 4.69) is 4.74 Å². The summed E-state index contributed by atoms with van der Waals surface area (Å²) < 4.78 is 17.7. The lowest BCUT2D eigenvalue weighted by molar-refractivity contribution is -0.141. The van der Waals surface area contributed by atoms with Crippen molar-refractivity contribution in [1.29, 1.82) is 0 Å². The summed E-state index contributed by atoms with van der Waals surface area (Å²) >= 11 is 0. The normalized spacial score (nSPS) is 13.9. The highest BCUT2D eigenvalue weighted by atomic mass is 19.1. The summed E-state index contributed by atoms with van der Waals surface area (Å²) in [6, 6.07) is 4.44. The molecule has 0 bridgehead atoms. The SMILES string of the molecule is COC(=O)CCC(=O)N1CCCc2cc(F)ccc21. The molecule has 0 unspecified atom stereocenters. The van der Waals surface area contributed by atoms with Crippen LogP contribution >= 0.6 is 0 Å². The number of ether oxygens (including phenoxy) is 1. The first kappa shape index (κ1) is 13.5. The van der Waals surface area contributed by atoms with Gasteiger partial charge in [0.15, 0.2) is 0 Å². The molecule has 1 heterocycles. The van der Waals surface area contributed by atoms with Crippen LogP contribution in [0.15, 0.2) is 18.2 Å². The van der Waals surface area contributed by atoms with Crippen LogP contribution < -0.4 is 4.90 Å². The van der Waals surface area contributed by atoms with Crippen LogP contribution in [-0.4, -0.2) is 25.5 Å². The van der Waals surface area contributed by atoms with Gasteiger partial charge in [-0.25, -0.2) is 4.39 Å². The summed E-state index contributed by atoms with van der Waals surface area (Å²) in [6.07, 6.45) is 1.76. The van der Waals surface area contributed by atoms with E-state index in [0.29, 0.717) is 6.54 Å². The van der Waals surface area contributed by atoms with Crippen LogP contribution in [0.2, 0.25) is 0 Å². The number of nitrogens with zero attached hydrogens (tertiary/aromatic N) is 1. The number of fused-ring (bicyclic) bond motifs is 1. The maximum Gasteiger partial charge on any atom is 0.306 e. The third-order valence-electron chi connectivity index (χ3n) is 3.23. The number of rotatable bonds is 3. The molecule has 5 heteroatoms. The highest BCUT2D eigenvalue weighted by Gasteiger charge is 2.23. The maximum absolute atomic E-state index is 13.2. The predicted molar refractivity (Wildman–Crippen MR) is 68.3 cm³/mol. The van der Waals surface area contributed by atoms with Crippen LogP contribution in [0.4, 0.5) is 10.1 Å². The number of carbonyl (C=O) groups is 2. The Labute approximate surface area is 111 Å². The summed E-state index contributed by atoms with van der Waals surface area (Å²) in [5.74, 6) is -0.815. The summed E-state index contributed by atoms with van der Waals surface area (Å²) in [5.41, 5.74) is 1.60. The second-order valence-electron chi connectivity index (χ2n) is 4.50. The summed E-state index contributed by atoms with van der Waals surface area (Å²) in [6.45, 7) is 0.610. The number of halogens is 1. The molecule has 4 nitrogen and oxygen atoms in total. The molecule has 0 aromatic heterocycles. The van der Waals surface area contributed by atoms with Gasteiger partial charge in [0.05, 0.1) is 13.5 Å². The van der Waals surface area contributed by atoms with Gasteiger partial charge in [-0.1, -0.05) is 0 Å². The molecule has 0 radical (unpaired) electrons. The lowest BCUT2D eigenvalue weighted by Crippen LogP contribution is -2.35. The van der Waals surface area contributed by atoms with Gasteiger partial charge >= 0.3 is 5.97 Å². The first-order valence-electron chi connectivity index (χ1n) is 6.27. The van der Waals surface area contributed by atoms with Crippen molar-refractivity contribution in [1.82, 2.24) is 0 Å². The van der Waals surface area contributed by atoms with Gasteiger partial charge in [-0.3, -0.25) is 9.59 Å². The van der Waals surface area contributed by atoms with Crippen molar-refractivity contribution >= 4 is 17.6 Å². The van der Waals surface area contributed by atoms with E-state index in [0.717, 1.165) is 24.1 Å². The number of anilines is 1. The van der Waals surface area contributed by atoms with Gasteiger partial charge in [0.25, 0.3) is 0 Å². The number of hydrogen-bond donors (Lipinski definition) is 0. The lowest BCUT2D eigenvalue weighted by Gasteiger charge is -2.29. The molecule has 0 saturated heterocycles. The predicted octanol–water partition coefficient (Wildman–Crippen LogP) is 2.06. The molecule has 102 valence electrons. The van der Waals surface area contributed by atoms with Crippen LogP contribution in [0, 0.1) is 5.82 Å². The first-order valence-corrected chi connectivity index (χ1v) is 6.27. The summed E-state index contributed by atoms with van der Waals surface area (Å²) in [5, 5.41) is 0. The third-order valence-corrected chi connectivity index (χ3v) is 3.23. The molecule has 2 rings (SSSR count). The minimum absolute atomic E-state index is 0.0718. The van der Waals surface area contributed by atoms with Gasteiger partial charge in [0.1, 0.15) is 5.82 Å². The molecule has 1 aromatic rings. The monoisotopic (exact) mass is 265 g/mol. The quantitative estimate of drug-likeness (QED) is 0.786. The molecule has 0 aliphatic carbocycles. The van der Waals surface area contributed by atoms with Crippen molar-refractivity contribution in [2.45, 2.75) is 25.7 Å². The zero-order valence-corrected chi connectivity index (χ0v) is 10.8. The molecule has 0 atom stereocenters.